The Kier molecular flexibility index (Phi) is 4.49. The molecule has 6 rings (SSSR count). The number of fused-ring (bicyclic) bond motifs is 3. The van der Waals surface area contributed by atoms with Crippen LogP contribution in [0.5, 0.6) is 0 Å². The van der Waals surface area contributed by atoms with E-state index in [-0.39, 0.29) is 0 Å². The van der Waals surface area contributed by atoms with Gasteiger partial charge in [0.05, 0.1) is 11.5 Å². The molecule has 3 aliphatic rings. The van der Waals surface area contributed by atoms with Crippen LogP contribution in [0.3, 0.4) is 0 Å². The van der Waals surface area contributed by atoms with Crippen LogP contribution in [-0.2, 0) is 17.6 Å². The molecule has 1 atom stereocenters. The largest absolute Gasteiger partial charge is 0.378 e. The van der Waals surface area contributed by atoms with Crippen molar-refractivity contribution in [1.29, 1.82) is 0 Å². The molecule has 0 N–H and O–H groups in total. The van der Waals surface area contributed by atoms with Crippen LogP contribution < -0.4 is 4.90 Å². The summed E-state index contributed by atoms with van der Waals surface area (Å²) in [6.07, 6.45) is 12.7. The molecule has 150 valence electrons. The number of thiophene rings is 1. The monoisotopic (exact) mass is 406 g/mol. The van der Waals surface area contributed by atoms with Gasteiger partial charge in [-0.1, -0.05) is 0 Å². The highest BCUT2D eigenvalue weighted by molar-refractivity contribution is 7.19. The van der Waals surface area contributed by atoms with Gasteiger partial charge in [-0.2, -0.15) is 0 Å². The van der Waals surface area contributed by atoms with E-state index in [2.05, 4.69) is 16.0 Å². The third kappa shape index (κ3) is 3.13. The Morgan fingerprint density at radius 3 is 2.79 bits per heavy atom. The van der Waals surface area contributed by atoms with E-state index >= 15 is 0 Å². The molecule has 5 heterocycles. The Hall–Kier alpha value is -2.05. The van der Waals surface area contributed by atoms with Gasteiger partial charge in [0.1, 0.15) is 10.6 Å². The quantitative estimate of drug-likeness (QED) is 0.634. The number of hydrogen-bond acceptors (Lipinski definition) is 6. The maximum Gasteiger partial charge on any atom is 0.164 e. The Bertz CT molecular complexity index is 1020. The van der Waals surface area contributed by atoms with Crippen molar-refractivity contribution in [3.8, 4) is 11.4 Å². The fraction of sp³-hybridized carbons (Fsp3) is 0.522. The van der Waals surface area contributed by atoms with Crippen molar-refractivity contribution in [1.82, 2.24) is 15.0 Å². The van der Waals surface area contributed by atoms with Gasteiger partial charge in [0, 0.05) is 42.5 Å². The van der Waals surface area contributed by atoms with Crippen LogP contribution in [-0.4, -0.2) is 40.8 Å². The van der Waals surface area contributed by atoms with Crippen molar-refractivity contribution < 1.29 is 4.74 Å². The first kappa shape index (κ1) is 17.8. The van der Waals surface area contributed by atoms with E-state index in [0.717, 1.165) is 41.7 Å². The average molecular weight is 407 g/mol. The molecule has 3 aromatic heterocycles. The van der Waals surface area contributed by atoms with Crippen molar-refractivity contribution >= 4 is 27.4 Å². The first-order chi connectivity index (χ1) is 14.4. The lowest BCUT2D eigenvalue weighted by Gasteiger charge is -2.35. The molecule has 5 nitrogen and oxygen atoms in total. The highest BCUT2D eigenvalue weighted by Crippen LogP contribution is 2.42. The van der Waals surface area contributed by atoms with E-state index < -0.39 is 0 Å². The van der Waals surface area contributed by atoms with Gasteiger partial charge in [0.2, 0.25) is 0 Å². The second-order valence-corrected chi connectivity index (χ2v) is 9.61. The summed E-state index contributed by atoms with van der Waals surface area (Å²) in [6.45, 7) is 3.08. The maximum atomic E-state index is 5.98. The molecule has 3 aromatic rings. The Morgan fingerprint density at radius 2 is 2.00 bits per heavy atom. The first-order valence-electron chi connectivity index (χ1n) is 11.0. The van der Waals surface area contributed by atoms with Crippen molar-refractivity contribution in [3.05, 3.63) is 35.0 Å². The lowest BCUT2D eigenvalue weighted by molar-refractivity contribution is 0.0531. The van der Waals surface area contributed by atoms with E-state index in [1.54, 1.807) is 6.20 Å². The first-order valence-corrected chi connectivity index (χ1v) is 11.8. The fourth-order valence-corrected chi connectivity index (χ4v) is 6.54. The van der Waals surface area contributed by atoms with Gasteiger partial charge >= 0.3 is 0 Å². The SMILES string of the molecule is c1cncc(-c2nc(N3CCC(C4CCCO4)CC3)c3c4c(sc3n2)CCC4)c1. The Morgan fingerprint density at radius 1 is 1.07 bits per heavy atom. The molecule has 1 unspecified atom stereocenters. The molecule has 0 aromatic carbocycles. The summed E-state index contributed by atoms with van der Waals surface area (Å²) in [5.41, 5.74) is 2.51. The molecule has 29 heavy (non-hydrogen) atoms. The number of ether oxygens (including phenoxy) is 1. The molecule has 0 amide bonds. The van der Waals surface area contributed by atoms with Crippen molar-refractivity contribution in [2.45, 2.75) is 51.0 Å². The molecule has 0 radical (unpaired) electrons. The van der Waals surface area contributed by atoms with Gasteiger partial charge in [0.15, 0.2) is 5.82 Å². The van der Waals surface area contributed by atoms with E-state index in [4.69, 9.17) is 14.7 Å². The number of rotatable bonds is 3. The molecule has 2 aliphatic heterocycles. The van der Waals surface area contributed by atoms with Crippen LogP contribution in [0.1, 0.15) is 42.5 Å². The molecule has 2 fully saturated rings. The van der Waals surface area contributed by atoms with Gasteiger partial charge in [0.25, 0.3) is 0 Å². The predicted molar refractivity (Wildman–Crippen MR) is 117 cm³/mol. The minimum Gasteiger partial charge on any atom is -0.378 e. The van der Waals surface area contributed by atoms with Crippen LogP contribution >= 0.6 is 11.3 Å². The summed E-state index contributed by atoms with van der Waals surface area (Å²) in [5, 5.41) is 1.32. The molecule has 1 aliphatic carbocycles. The number of pyridine rings is 1. The predicted octanol–water partition coefficient (Wildman–Crippen LogP) is 4.64. The smallest absolute Gasteiger partial charge is 0.164 e. The third-order valence-corrected chi connectivity index (χ3v) is 7.98. The number of aromatic nitrogens is 3. The highest BCUT2D eigenvalue weighted by atomic mass is 32.1. The zero-order valence-corrected chi connectivity index (χ0v) is 17.5. The van der Waals surface area contributed by atoms with E-state index in [1.165, 1.54) is 60.8 Å². The minimum atomic E-state index is 0.485. The fourth-order valence-electron chi connectivity index (χ4n) is 5.29. The average Bonchev–Trinajstić information content (AvgIpc) is 3.51. The highest BCUT2D eigenvalue weighted by Gasteiger charge is 2.32. The van der Waals surface area contributed by atoms with Crippen LogP contribution in [0.4, 0.5) is 5.82 Å². The summed E-state index contributed by atoms with van der Waals surface area (Å²) < 4.78 is 5.98. The number of anilines is 1. The third-order valence-electron chi connectivity index (χ3n) is 6.80. The molecular weight excluding hydrogens is 380 g/mol. The molecular formula is C23H26N4OS. The Labute approximate surface area is 175 Å². The van der Waals surface area contributed by atoms with Gasteiger partial charge in [-0.15, -0.1) is 11.3 Å². The van der Waals surface area contributed by atoms with Crippen LogP contribution in [0.2, 0.25) is 0 Å². The summed E-state index contributed by atoms with van der Waals surface area (Å²) in [7, 11) is 0. The number of piperidine rings is 1. The van der Waals surface area contributed by atoms with Gasteiger partial charge in [-0.25, -0.2) is 9.97 Å². The normalized spacial score (nSPS) is 22.5. The van der Waals surface area contributed by atoms with E-state index in [0.29, 0.717) is 12.0 Å². The summed E-state index contributed by atoms with van der Waals surface area (Å²) >= 11 is 1.88. The summed E-state index contributed by atoms with van der Waals surface area (Å²) in [6, 6.07) is 4.02. The van der Waals surface area contributed by atoms with Gasteiger partial charge in [-0.3, -0.25) is 4.98 Å². The van der Waals surface area contributed by atoms with Crippen LogP contribution in [0.15, 0.2) is 24.5 Å². The topological polar surface area (TPSA) is 51.1 Å². The summed E-state index contributed by atoms with van der Waals surface area (Å²) in [4.78, 5) is 19.6. The standard InChI is InChI=1S/C23H26N4OS/c1-5-17-19(7-1)29-23-20(17)22(25-21(26-23)16-4-2-10-24-14-16)27-11-8-15(9-12-27)18-6-3-13-28-18/h2,4,10,14-15,18H,1,3,5-9,11-13H2. The minimum absolute atomic E-state index is 0.485. The molecule has 6 heteroatoms. The van der Waals surface area contributed by atoms with E-state index in [1.807, 2.05) is 23.6 Å². The molecule has 2 saturated heterocycles. The lowest BCUT2D eigenvalue weighted by Crippen LogP contribution is -2.38. The van der Waals surface area contributed by atoms with Crippen molar-refractivity contribution in [2.75, 3.05) is 24.6 Å². The van der Waals surface area contributed by atoms with Gasteiger partial charge < -0.3 is 9.64 Å². The second-order valence-electron chi connectivity index (χ2n) is 8.53. The van der Waals surface area contributed by atoms with Crippen LogP contribution in [0.25, 0.3) is 21.6 Å². The van der Waals surface area contributed by atoms with Gasteiger partial charge in [-0.05, 0) is 68.6 Å². The summed E-state index contributed by atoms with van der Waals surface area (Å²) in [5.74, 6) is 2.66. The van der Waals surface area contributed by atoms with E-state index in [9.17, 15) is 0 Å². The second kappa shape index (κ2) is 7.33. The Balaban J connectivity index is 1.38. The zero-order chi connectivity index (χ0) is 19.2. The van der Waals surface area contributed by atoms with Crippen molar-refractivity contribution in [3.63, 3.8) is 0 Å². The van der Waals surface area contributed by atoms with Crippen molar-refractivity contribution in [2.24, 2.45) is 5.92 Å². The molecule has 0 bridgehead atoms. The maximum absolute atomic E-state index is 5.98. The number of nitrogens with zero attached hydrogens (tertiary/aromatic N) is 4. The number of aryl methyl sites for hydroxylation is 2. The molecule has 0 spiro atoms. The lowest BCUT2D eigenvalue weighted by atomic mass is 9.89. The molecule has 0 saturated carbocycles. The van der Waals surface area contributed by atoms with Crippen LogP contribution in [0, 0.1) is 5.92 Å². The zero-order valence-electron chi connectivity index (χ0n) is 16.6. The number of hydrogen-bond donors (Lipinski definition) is 0.